The normalized spacial score (nSPS) is 12.5. The Morgan fingerprint density at radius 1 is 1.29 bits per heavy atom. The molecule has 3 N–H and O–H groups in total. The van der Waals surface area contributed by atoms with E-state index in [1.807, 2.05) is 5.48 Å². The first-order valence-electron chi connectivity index (χ1n) is 5.94. The van der Waals surface area contributed by atoms with Crippen molar-refractivity contribution in [2.24, 2.45) is 0 Å². The van der Waals surface area contributed by atoms with Crippen molar-refractivity contribution >= 4 is 17.8 Å². The van der Waals surface area contributed by atoms with Gasteiger partial charge >= 0.3 is 11.9 Å². The fraction of sp³-hybridized carbons (Fsp3) is 0.727. The number of aliphatic hydroxyl groups excluding tert-OH is 1. The standard InChI is InChI=1S/C11H20N2O8/c1-11(2,3)21-9(16)6-20-13(18)10(17)7(14)5-8(15)12-19-4/h7,14,18H,5-6H2,1-4H3,(H,12,15). The van der Waals surface area contributed by atoms with Crippen LogP contribution in [0.5, 0.6) is 0 Å². The van der Waals surface area contributed by atoms with Crippen LogP contribution in [0.3, 0.4) is 0 Å². The Kier molecular flexibility index (Phi) is 7.81. The molecule has 0 radical (unpaired) electrons. The molecule has 10 nitrogen and oxygen atoms in total. The Hall–Kier alpha value is -1.75. The topological polar surface area (TPSA) is 135 Å². The van der Waals surface area contributed by atoms with Gasteiger partial charge in [-0.15, -0.1) is 0 Å². The maximum absolute atomic E-state index is 11.4. The minimum absolute atomic E-state index is 0.325. The predicted molar refractivity (Wildman–Crippen MR) is 66.2 cm³/mol. The third-order valence-corrected chi connectivity index (χ3v) is 1.79. The molecule has 0 fully saturated rings. The molecule has 10 heteroatoms. The van der Waals surface area contributed by atoms with Crippen molar-refractivity contribution in [1.29, 1.82) is 0 Å². The zero-order valence-corrected chi connectivity index (χ0v) is 12.3. The zero-order chi connectivity index (χ0) is 16.6. The molecular weight excluding hydrogens is 288 g/mol. The third kappa shape index (κ3) is 8.92. The first kappa shape index (κ1) is 19.2. The van der Waals surface area contributed by atoms with Crippen molar-refractivity contribution in [2.75, 3.05) is 13.7 Å². The molecular formula is C11H20N2O8. The van der Waals surface area contributed by atoms with Crippen LogP contribution in [0.4, 0.5) is 0 Å². The van der Waals surface area contributed by atoms with Gasteiger partial charge in [-0.05, 0) is 20.8 Å². The van der Waals surface area contributed by atoms with Crippen LogP contribution >= 0.6 is 0 Å². The highest BCUT2D eigenvalue weighted by molar-refractivity contribution is 5.86. The summed E-state index contributed by atoms with van der Waals surface area (Å²) in [5.74, 6) is -2.91. The largest absolute Gasteiger partial charge is 0.458 e. The van der Waals surface area contributed by atoms with Gasteiger partial charge in [0.15, 0.2) is 6.61 Å². The van der Waals surface area contributed by atoms with Crippen LogP contribution in [0.1, 0.15) is 27.2 Å². The molecule has 1 unspecified atom stereocenters. The van der Waals surface area contributed by atoms with Gasteiger partial charge < -0.3 is 9.84 Å². The molecule has 0 saturated carbocycles. The lowest BCUT2D eigenvalue weighted by Gasteiger charge is -2.21. The van der Waals surface area contributed by atoms with Crippen LogP contribution in [-0.2, 0) is 28.8 Å². The van der Waals surface area contributed by atoms with Crippen LogP contribution in [0, 0.1) is 0 Å². The highest BCUT2D eigenvalue weighted by Gasteiger charge is 2.26. The summed E-state index contributed by atoms with van der Waals surface area (Å²) in [7, 11) is 1.17. The number of esters is 1. The van der Waals surface area contributed by atoms with Gasteiger partial charge in [0.25, 0.3) is 0 Å². The minimum atomic E-state index is -1.86. The molecule has 122 valence electrons. The number of nitrogens with one attached hydrogen (secondary N) is 1. The molecule has 0 aromatic rings. The molecule has 0 rings (SSSR count). The predicted octanol–water partition coefficient (Wildman–Crippen LogP) is -1.09. The average molecular weight is 308 g/mol. The maximum Gasteiger partial charge on any atom is 0.335 e. The zero-order valence-electron chi connectivity index (χ0n) is 12.3. The molecule has 0 spiro atoms. The average Bonchev–Trinajstić information content (AvgIpc) is 2.33. The van der Waals surface area contributed by atoms with E-state index < -0.39 is 42.5 Å². The highest BCUT2D eigenvalue weighted by atomic mass is 16.9. The number of aliphatic hydroxyl groups is 1. The molecule has 0 aliphatic rings. The lowest BCUT2D eigenvalue weighted by Crippen LogP contribution is -2.41. The molecule has 0 saturated heterocycles. The molecule has 0 aliphatic heterocycles. The second-order valence-corrected chi connectivity index (χ2v) is 4.92. The van der Waals surface area contributed by atoms with E-state index in [0.29, 0.717) is 0 Å². The Morgan fingerprint density at radius 3 is 2.33 bits per heavy atom. The number of hydroxylamine groups is 3. The van der Waals surface area contributed by atoms with Crippen LogP contribution in [0.2, 0.25) is 0 Å². The first-order chi connectivity index (χ1) is 9.56. The van der Waals surface area contributed by atoms with E-state index in [9.17, 15) is 24.7 Å². The van der Waals surface area contributed by atoms with Crippen molar-refractivity contribution < 1.29 is 39.1 Å². The summed E-state index contributed by atoms with van der Waals surface area (Å²) < 4.78 is 4.87. The summed E-state index contributed by atoms with van der Waals surface area (Å²) in [4.78, 5) is 42.4. The van der Waals surface area contributed by atoms with Crippen molar-refractivity contribution in [2.45, 2.75) is 38.9 Å². The van der Waals surface area contributed by atoms with Gasteiger partial charge in [-0.2, -0.15) is 0 Å². The van der Waals surface area contributed by atoms with E-state index in [1.54, 1.807) is 20.8 Å². The Morgan fingerprint density at radius 2 is 1.86 bits per heavy atom. The van der Waals surface area contributed by atoms with Gasteiger partial charge in [0.1, 0.15) is 11.7 Å². The van der Waals surface area contributed by atoms with E-state index in [0.717, 1.165) is 0 Å². The number of rotatable bonds is 7. The summed E-state index contributed by atoms with van der Waals surface area (Å²) in [6.07, 6.45) is -2.51. The lowest BCUT2D eigenvalue weighted by atomic mass is 10.2. The van der Waals surface area contributed by atoms with Crippen LogP contribution < -0.4 is 5.48 Å². The van der Waals surface area contributed by atoms with E-state index in [-0.39, 0.29) is 5.23 Å². The van der Waals surface area contributed by atoms with Gasteiger partial charge in [-0.3, -0.25) is 19.6 Å². The van der Waals surface area contributed by atoms with Crippen molar-refractivity contribution in [3.05, 3.63) is 0 Å². The van der Waals surface area contributed by atoms with Crippen LogP contribution in [0.25, 0.3) is 0 Å². The van der Waals surface area contributed by atoms with Gasteiger partial charge in [-0.25, -0.2) is 15.1 Å². The van der Waals surface area contributed by atoms with E-state index >= 15 is 0 Å². The number of carbonyl (C=O) groups is 3. The summed E-state index contributed by atoms with van der Waals surface area (Å²) in [6, 6.07) is 0. The minimum Gasteiger partial charge on any atom is -0.458 e. The third-order valence-electron chi connectivity index (χ3n) is 1.79. The van der Waals surface area contributed by atoms with E-state index in [2.05, 4.69) is 9.68 Å². The molecule has 0 heterocycles. The SMILES string of the molecule is CONC(=O)CC(O)C(=O)N(O)OCC(=O)OC(C)(C)C. The number of carbonyl (C=O) groups excluding carboxylic acids is 3. The van der Waals surface area contributed by atoms with Crippen molar-refractivity contribution in [3.63, 3.8) is 0 Å². The first-order valence-corrected chi connectivity index (χ1v) is 5.94. The van der Waals surface area contributed by atoms with E-state index in [1.165, 1.54) is 7.11 Å². The Labute approximate surface area is 121 Å². The second-order valence-electron chi connectivity index (χ2n) is 4.92. The Bertz CT molecular complexity index is 379. The van der Waals surface area contributed by atoms with Gasteiger partial charge in [-0.1, -0.05) is 5.23 Å². The Balaban J connectivity index is 4.21. The molecule has 0 aromatic heterocycles. The second kappa shape index (κ2) is 8.52. The van der Waals surface area contributed by atoms with Crippen LogP contribution in [0.15, 0.2) is 0 Å². The fourth-order valence-corrected chi connectivity index (χ4v) is 1.09. The van der Waals surface area contributed by atoms with E-state index in [4.69, 9.17) is 4.74 Å². The smallest absolute Gasteiger partial charge is 0.335 e. The summed E-state index contributed by atoms with van der Waals surface area (Å²) >= 11 is 0. The summed E-state index contributed by atoms with van der Waals surface area (Å²) in [6.45, 7) is 4.15. The highest BCUT2D eigenvalue weighted by Crippen LogP contribution is 2.07. The number of nitrogens with zero attached hydrogens (tertiary/aromatic N) is 1. The fourth-order valence-electron chi connectivity index (χ4n) is 1.09. The maximum atomic E-state index is 11.4. The number of hydrogen-bond acceptors (Lipinski definition) is 8. The van der Waals surface area contributed by atoms with Gasteiger partial charge in [0.05, 0.1) is 13.5 Å². The molecule has 0 aromatic carbocycles. The lowest BCUT2D eigenvalue weighted by molar-refractivity contribution is -0.318. The quantitative estimate of drug-likeness (QED) is 0.307. The van der Waals surface area contributed by atoms with Gasteiger partial charge in [0.2, 0.25) is 5.91 Å². The molecule has 21 heavy (non-hydrogen) atoms. The number of hydrogen-bond donors (Lipinski definition) is 3. The molecule has 1 atom stereocenters. The summed E-state index contributed by atoms with van der Waals surface area (Å²) in [5.41, 5.74) is 1.13. The van der Waals surface area contributed by atoms with Gasteiger partial charge in [0, 0.05) is 0 Å². The summed E-state index contributed by atoms with van der Waals surface area (Å²) in [5, 5.41) is 18.3. The molecule has 0 aliphatic carbocycles. The van der Waals surface area contributed by atoms with Crippen molar-refractivity contribution in [3.8, 4) is 0 Å². The number of amides is 2. The number of ether oxygens (including phenoxy) is 1. The molecule has 0 bridgehead atoms. The molecule has 2 amide bonds. The monoisotopic (exact) mass is 308 g/mol. The van der Waals surface area contributed by atoms with Crippen LogP contribution in [-0.4, -0.2) is 58.7 Å². The van der Waals surface area contributed by atoms with Crippen molar-refractivity contribution in [1.82, 2.24) is 10.7 Å².